The number of halogens is 2. The largest absolute Gasteiger partial charge is 0.380 e. The Bertz CT molecular complexity index is 653. The number of aromatic nitrogens is 1. The lowest BCUT2D eigenvalue weighted by molar-refractivity contribution is 0.856. The van der Waals surface area contributed by atoms with Crippen LogP contribution in [0.5, 0.6) is 0 Å². The molecule has 0 aliphatic rings. The molecule has 1 N–H and O–H groups in total. The Morgan fingerprint density at radius 1 is 1.32 bits per heavy atom. The highest BCUT2D eigenvalue weighted by molar-refractivity contribution is 9.11. The number of nitrogens with zero attached hydrogens (tertiary/aromatic N) is 2. The summed E-state index contributed by atoms with van der Waals surface area (Å²) in [7, 11) is 1.91. The molecule has 0 amide bonds. The fourth-order valence-corrected chi connectivity index (χ4v) is 3.06. The van der Waals surface area contributed by atoms with Gasteiger partial charge in [0.15, 0.2) is 0 Å². The molecule has 5 heteroatoms. The third-order valence-electron chi connectivity index (χ3n) is 3.16. The number of anilines is 1. The van der Waals surface area contributed by atoms with Gasteiger partial charge in [-0.05, 0) is 52.7 Å². The number of nitrogens with one attached hydrogen (secondary N) is 1. The van der Waals surface area contributed by atoms with E-state index in [1.54, 1.807) is 0 Å². The van der Waals surface area contributed by atoms with Crippen LogP contribution in [0, 0.1) is 18.3 Å². The highest BCUT2D eigenvalue weighted by Crippen LogP contribution is 2.27. The molecule has 1 aromatic carbocycles. The second-order valence-corrected chi connectivity index (χ2v) is 6.06. The van der Waals surface area contributed by atoms with Crippen LogP contribution in [-0.2, 0) is 13.6 Å². The molecule has 1 aromatic heterocycles. The summed E-state index contributed by atoms with van der Waals surface area (Å²) in [6.45, 7) is 2.72. The van der Waals surface area contributed by atoms with Crippen molar-refractivity contribution in [3.63, 3.8) is 0 Å². The lowest BCUT2D eigenvalue weighted by Crippen LogP contribution is -2.02. The van der Waals surface area contributed by atoms with Crippen LogP contribution in [0.3, 0.4) is 0 Å². The average molecular weight is 383 g/mol. The smallest absolute Gasteiger partial charge is 0.120 e. The van der Waals surface area contributed by atoms with Gasteiger partial charge in [0.1, 0.15) is 11.8 Å². The summed E-state index contributed by atoms with van der Waals surface area (Å²) in [5.74, 6) is 0. The van der Waals surface area contributed by atoms with Gasteiger partial charge in [0.05, 0.1) is 0 Å². The van der Waals surface area contributed by atoms with Crippen molar-refractivity contribution in [1.29, 1.82) is 5.26 Å². The Morgan fingerprint density at radius 3 is 2.63 bits per heavy atom. The van der Waals surface area contributed by atoms with Crippen LogP contribution in [0.1, 0.15) is 17.0 Å². The van der Waals surface area contributed by atoms with Crippen LogP contribution in [-0.4, -0.2) is 4.57 Å². The van der Waals surface area contributed by atoms with E-state index in [1.807, 2.05) is 42.8 Å². The summed E-state index contributed by atoms with van der Waals surface area (Å²) >= 11 is 6.95. The maximum atomic E-state index is 9.01. The van der Waals surface area contributed by atoms with Crippen molar-refractivity contribution in [2.45, 2.75) is 13.5 Å². The third-order valence-corrected chi connectivity index (χ3v) is 4.30. The fourth-order valence-electron chi connectivity index (χ4n) is 1.87. The monoisotopic (exact) mass is 381 g/mol. The number of rotatable bonds is 3. The van der Waals surface area contributed by atoms with Crippen molar-refractivity contribution < 1.29 is 0 Å². The third kappa shape index (κ3) is 3.02. The first-order chi connectivity index (χ1) is 9.02. The Morgan fingerprint density at radius 2 is 2.05 bits per heavy atom. The molecule has 0 spiro atoms. The predicted molar refractivity (Wildman–Crippen MR) is 84.0 cm³/mol. The zero-order chi connectivity index (χ0) is 14.0. The van der Waals surface area contributed by atoms with Gasteiger partial charge in [-0.25, -0.2) is 0 Å². The topological polar surface area (TPSA) is 40.8 Å². The summed E-state index contributed by atoms with van der Waals surface area (Å²) in [6.07, 6.45) is 0. The van der Waals surface area contributed by atoms with Crippen LogP contribution >= 0.6 is 31.9 Å². The lowest BCUT2D eigenvalue weighted by Gasteiger charge is -2.09. The molecule has 0 aliphatic carbocycles. The molecule has 2 aromatic rings. The molecule has 0 saturated carbocycles. The van der Waals surface area contributed by atoms with E-state index in [0.717, 1.165) is 25.9 Å². The van der Waals surface area contributed by atoms with Gasteiger partial charge < -0.3 is 9.88 Å². The Labute approximate surface area is 129 Å². The molecule has 0 aliphatic heterocycles. The van der Waals surface area contributed by atoms with Crippen LogP contribution < -0.4 is 5.32 Å². The van der Waals surface area contributed by atoms with Crippen LogP contribution in [0.15, 0.2) is 33.2 Å². The van der Waals surface area contributed by atoms with E-state index in [9.17, 15) is 0 Å². The summed E-state index contributed by atoms with van der Waals surface area (Å²) in [5.41, 5.74) is 3.96. The number of hydrogen-bond donors (Lipinski definition) is 1. The fraction of sp³-hybridized carbons (Fsp3) is 0.214. The highest BCUT2D eigenvalue weighted by Gasteiger charge is 2.09. The van der Waals surface area contributed by atoms with Gasteiger partial charge >= 0.3 is 0 Å². The van der Waals surface area contributed by atoms with E-state index in [2.05, 4.69) is 43.2 Å². The molecule has 2 rings (SSSR count). The van der Waals surface area contributed by atoms with Gasteiger partial charge in [-0.1, -0.05) is 15.9 Å². The predicted octanol–water partition coefficient (Wildman–Crippen LogP) is 4.34. The van der Waals surface area contributed by atoms with E-state index in [0.29, 0.717) is 12.2 Å². The van der Waals surface area contributed by atoms with E-state index in [-0.39, 0.29) is 0 Å². The van der Waals surface area contributed by atoms with Gasteiger partial charge in [0.2, 0.25) is 0 Å². The number of nitriles is 1. The first-order valence-corrected chi connectivity index (χ1v) is 7.35. The Balaban J connectivity index is 2.17. The van der Waals surface area contributed by atoms with Crippen molar-refractivity contribution in [1.82, 2.24) is 4.57 Å². The standard InChI is InChI=1S/C14H13Br2N3/c1-9-10(5-12(7-17)19(9)2)8-18-14-4-3-11(15)6-13(14)16/h3-6,18H,8H2,1-2H3. The first kappa shape index (κ1) is 14.2. The first-order valence-electron chi connectivity index (χ1n) is 5.77. The Kier molecular flexibility index (Phi) is 4.33. The average Bonchev–Trinajstić information content (AvgIpc) is 2.65. The van der Waals surface area contributed by atoms with Crippen LogP contribution in [0.25, 0.3) is 0 Å². The molecule has 0 bridgehead atoms. The zero-order valence-corrected chi connectivity index (χ0v) is 13.8. The summed E-state index contributed by atoms with van der Waals surface area (Å²) in [5, 5.41) is 12.4. The zero-order valence-electron chi connectivity index (χ0n) is 10.7. The minimum atomic E-state index is 0.684. The van der Waals surface area contributed by atoms with Crippen molar-refractivity contribution in [2.24, 2.45) is 7.05 Å². The van der Waals surface area contributed by atoms with E-state index in [1.165, 1.54) is 0 Å². The molecule has 19 heavy (non-hydrogen) atoms. The highest BCUT2D eigenvalue weighted by atomic mass is 79.9. The maximum Gasteiger partial charge on any atom is 0.120 e. The number of hydrogen-bond acceptors (Lipinski definition) is 2. The molecule has 0 atom stereocenters. The number of benzene rings is 1. The van der Waals surface area contributed by atoms with Gasteiger partial charge in [0.25, 0.3) is 0 Å². The summed E-state index contributed by atoms with van der Waals surface area (Å²) < 4.78 is 3.96. The normalized spacial score (nSPS) is 10.3. The molecule has 0 fully saturated rings. The van der Waals surface area contributed by atoms with Gasteiger partial charge in [-0.3, -0.25) is 0 Å². The SMILES string of the molecule is Cc1c(CNc2ccc(Br)cc2Br)cc(C#N)n1C. The van der Waals surface area contributed by atoms with Crippen LogP contribution in [0.4, 0.5) is 5.69 Å². The van der Waals surface area contributed by atoms with E-state index >= 15 is 0 Å². The van der Waals surface area contributed by atoms with Gasteiger partial charge in [-0.15, -0.1) is 0 Å². The molecular weight excluding hydrogens is 370 g/mol. The molecule has 98 valence electrons. The van der Waals surface area contributed by atoms with Crippen LogP contribution in [0.2, 0.25) is 0 Å². The molecule has 0 unspecified atom stereocenters. The van der Waals surface area contributed by atoms with Crippen molar-refractivity contribution in [3.05, 3.63) is 50.2 Å². The van der Waals surface area contributed by atoms with Crippen molar-refractivity contribution in [3.8, 4) is 6.07 Å². The lowest BCUT2D eigenvalue weighted by atomic mass is 10.2. The van der Waals surface area contributed by atoms with Crippen molar-refractivity contribution >= 4 is 37.5 Å². The molecule has 1 heterocycles. The Hall–Kier alpha value is -1.25. The van der Waals surface area contributed by atoms with Crippen molar-refractivity contribution in [2.75, 3.05) is 5.32 Å². The maximum absolute atomic E-state index is 9.01. The van der Waals surface area contributed by atoms with Gasteiger partial charge in [0, 0.05) is 33.9 Å². The summed E-state index contributed by atoms with van der Waals surface area (Å²) in [6, 6.07) is 10.1. The molecule has 3 nitrogen and oxygen atoms in total. The minimum Gasteiger partial charge on any atom is -0.380 e. The summed E-state index contributed by atoms with van der Waals surface area (Å²) in [4.78, 5) is 0. The van der Waals surface area contributed by atoms with Gasteiger partial charge in [-0.2, -0.15) is 5.26 Å². The molecular formula is C14H13Br2N3. The second-order valence-electron chi connectivity index (χ2n) is 4.29. The van der Waals surface area contributed by atoms with E-state index in [4.69, 9.17) is 5.26 Å². The van der Waals surface area contributed by atoms with E-state index < -0.39 is 0 Å². The second kappa shape index (κ2) is 5.81. The minimum absolute atomic E-state index is 0.684. The molecule has 0 radical (unpaired) electrons. The quantitative estimate of drug-likeness (QED) is 0.857. The molecule has 0 saturated heterocycles.